The first-order valence-electron chi connectivity index (χ1n) is 6.62. The van der Waals surface area contributed by atoms with Gasteiger partial charge in [0, 0.05) is 6.04 Å². The van der Waals surface area contributed by atoms with E-state index in [4.69, 9.17) is 5.73 Å². The number of hydrogen-bond acceptors (Lipinski definition) is 3. The predicted molar refractivity (Wildman–Crippen MR) is 69.0 cm³/mol. The van der Waals surface area contributed by atoms with Crippen molar-refractivity contribution in [2.75, 3.05) is 0 Å². The minimum atomic E-state index is -0.979. The van der Waals surface area contributed by atoms with Crippen molar-refractivity contribution in [3.63, 3.8) is 0 Å². The van der Waals surface area contributed by atoms with Gasteiger partial charge in [0.25, 0.3) is 0 Å². The van der Waals surface area contributed by atoms with Crippen molar-refractivity contribution >= 4 is 11.9 Å². The van der Waals surface area contributed by atoms with Gasteiger partial charge in [-0.25, -0.2) is 4.79 Å². The Morgan fingerprint density at radius 1 is 1.56 bits per heavy atom. The maximum absolute atomic E-state index is 12.3. The maximum atomic E-state index is 12.3. The third-order valence-electron chi connectivity index (χ3n) is 4.31. The summed E-state index contributed by atoms with van der Waals surface area (Å²) in [6, 6.07) is -1.00. The van der Waals surface area contributed by atoms with Gasteiger partial charge in [0.15, 0.2) is 0 Å². The molecule has 1 amide bonds. The van der Waals surface area contributed by atoms with E-state index in [0.29, 0.717) is 6.42 Å². The van der Waals surface area contributed by atoms with Gasteiger partial charge in [-0.1, -0.05) is 26.7 Å². The minimum absolute atomic E-state index is 0.0901. The van der Waals surface area contributed by atoms with E-state index in [1.165, 1.54) is 0 Å². The van der Waals surface area contributed by atoms with Gasteiger partial charge >= 0.3 is 5.97 Å². The van der Waals surface area contributed by atoms with Crippen LogP contribution in [0.1, 0.15) is 46.5 Å². The van der Waals surface area contributed by atoms with Crippen molar-refractivity contribution in [2.24, 2.45) is 17.1 Å². The number of carbonyl (C=O) groups excluding carboxylic acids is 1. The quantitative estimate of drug-likeness (QED) is 0.687. The van der Waals surface area contributed by atoms with E-state index in [2.05, 4.69) is 5.32 Å². The zero-order valence-corrected chi connectivity index (χ0v) is 11.4. The smallest absolute Gasteiger partial charge is 0.326 e. The Kier molecular flexibility index (Phi) is 4.73. The highest BCUT2D eigenvalue weighted by molar-refractivity contribution is 5.88. The van der Waals surface area contributed by atoms with Crippen LogP contribution >= 0.6 is 0 Å². The maximum Gasteiger partial charge on any atom is 0.326 e. The predicted octanol–water partition coefficient (Wildman–Crippen LogP) is 1.12. The van der Waals surface area contributed by atoms with Gasteiger partial charge in [-0.05, 0) is 25.7 Å². The molecular formula is C13H24N2O3. The molecule has 0 saturated heterocycles. The van der Waals surface area contributed by atoms with E-state index in [-0.39, 0.29) is 17.9 Å². The molecule has 1 aliphatic rings. The van der Waals surface area contributed by atoms with E-state index in [9.17, 15) is 14.7 Å². The molecule has 4 unspecified atom stereocenters. The minimum Gasteiger partial charge on any atom is -0.480 e. The lowest BCUT2D eigenvalue weighted by atomic mass is 9.83. The molecule has 0 aromatic carbocycles. The van der Waals surface area contributed by atoms with Gasteiger partial charge in [0.2, 0.25) is 5.91 Å². The van der Waals surface area contributed by atoms with Crippen molar-refractivity contribution in [1.29, 1.82) is 0 Å². The number of nitrogens with one attached hydrogen (secondary N) is 1. The number of carboxylic acid groups (broad SMARTS) is 1. The van der Waals surface area contributed by atoms with E-state index in [0.717, 1.165) is 19.3 Å². The molecule has 1 fully saturated rings. The van der Waals surface area contributed by atoms with Crippen LogP contribution < -0.4 is 11.1 Å². The number of amides is 1. The monoisotopic (exact) mass is 256 g/mol. The summed E-state index contributed by atoms with van der Waals surface area (Å²) in [6.07, 6.45) is 3.18. The van der Waals surface area contributed by atoms with Crippen molar-refractivity contribution in [3.05, 3.63) is 0 Å². The van der Waals surface area contributed by atoms with Crippen LogP contribution in [0.5, 0.6) is 0 Å². The lowest BCUT2D eigenvalue weighted by molar-refractivity contribution is -0.145. The normalized spacial score (nSPS) is 30.8. The number of carbonyl (C=O) groups is 2. The molecular weight excluding hydrogens is 232 g/mol. The Morgan fingerprint density at radius 3 is 2.56 bits per heavy atom. The second-order valence-corrected chi connectivity index (χ2v) is 5.59. The van der Waals surface area contributed by atoms with Gasteiger partial charge in [-0.15, -0.1) is 0 Å². The Hall–Kier alpha value is -1.10. The Labute approximate surface area is 108 Å². The highest BCUT2D eigenvalue weighted by Crippen LogP contribution is 2.37. The van der Waals surface area contributed by atoms with Crippen LogP contribution in [-0.4, -0.2) is 29.1 Å². The lowest BCUT2D eigenvalue weighted by Crippen LogP contribution is -2.53. The molecule has 4 N–H and O–H groups in total. The Balaban J connectivity index is 2.75. The van der Waals surface area contributed by atoms with E-state index in [1.807, 2.05) is 20.8 Å². The molecule has 0 aromatic heterocycles. The Morgan fingerprint density at radius 2 is 2.17 bits per heavy atom. The SMILES string of the molecule is CCC(C)C(NC(=O)C1(C)CCCC1N)C(=O)O. The summed E-state index contributed by atoms with van der Waals surface area (Å²) in [4.78, 5) is 23.4. The highest BCUT2D eigenvalue weighted by atomic mass is 16.4. The van der Waals surface area contributed by atoms with Crippen LogP contribution in [0.3, 0.4) is 0 Å². The van der Waals surface area contributed by atoms with Gasteiger partial charge in [-0.3, -0.25) is 4.79 Å². The number of rotatable bonds is 5. The molecule has 4 atom stereocenters. The number of carboxylic acids is 1. The molecule has 5 nitrogen and oxygen atoms in total. The third kappa shape index (κ3) is 2.83. The molecule has 0 spiro atoms. The van der Waals surface area contributed by atoms with Crippen LogP contribution in [0.2, 0.25) is 0 Å². The largest absolute Gasteiger partial charge is 0.480 e. The summed E-state index contributed by atoms with van der Waals surface area (Å²) >= 11 is 0. The summed E-state index contributed by atoms with van der Waals surface area (Å²) in [7, 11) is 0. The molecule has 18 heavy (non-hydrogen) atoms. The van der Waals surface area contributed by atoms with Crippen LogP contribution in [0.25, 0.3) is 0 Å². The van der Waals surface area contributed by atoms with Crippen molar-refractivity contribution in [1.82, 2.24) is 5.32 Å². The number of nitrogens with two attached hydrogens (primary N) is 1. The summed E-state index contributed by atoms with van der Waals surface area (Å²) in [5.41, 5.74) is 5.34. The molecule has 0 radical (unpaired) electrons. The van der Waals surface area contributed by atoms with Gasteiger partial charge in [0.1, 0.15) is 6.04 Å². The molecule has 1 rings (SSSR count). The molecule has 0 aliphatic heterocycles. The first-order valence-corrected chi connectivity index (χ1v) is 6.62. The van der Waals surface area contributed by atoms with Gasteiger partial charge in [0.05, 0.1) is 5.41 Å². The zero-order chi connectivity index (χ0) is 13.9. The second-order valence-electron chi connectivity index (χ2n) is 5.59. The molecule has 5 heteroatoms. The topological polar surface area (TPSA) is 92.4 Å². The number of hydrogen-bond donors (Lipinski definition) is 3. The molecule has 0 aromatic rings. The van der Waals surface area contributed by atoms with Crippen LogP contribution in [-0.2, 0) is 9.59 Å². The summed E-state index contributed by atoms with van der Waals surface area (Å²) in [5, 5.41) is 11.8. The molecule has 1 saturated carbocycles. The molecule has 1 aliphatic carbocycles. The van der Waals surface area contributed by atoms with Gasteiger partial charge in [-0.2, -0.15) is 0 Å². The van der Waals surface area contributed by atoms with Crippen molar-refractivity contribution < 1.29 is 14.7 Å². The lowest BCUT2D eigenvalue weighted by Gasteiger charge is -2.30. The summed E-state index contributed by atoms with van der Waals surface area (Å²) < 4.78 is 0. The average Bonchev–Trinajstić information content (AvgIpc) is 2.66. The molecule has 0 heterocycles. The van der Waals surface area contributed by atoms with Crippen LogP contribution in [0, 0.1) is 11.3 Å². The second kappa shape index (κ2) is 5.69. The first-order chi connectivity index (χ1) is 8.32. The average molecular weight is 256 g/mol. The molecule has 0 bridgehead atoms. The fourth-order valence-corrected chi connectivity index (χ4v) is 2.46. The summed E-state index contributed by atoms with van der Waals surface area (Å²) in [6.45, 7) is 5.57. The summed E-state index contributed by atoms with van der Waals surface area (Å²) in [5.74, 6) is -1.29. The third-order valence-corrected chi connectivity index (χ3v) is 4.31. The molecule has 104 valence electrons. The van der Waals surface area contributed by atoms with Crippen molar-refractivity contribution in [2.45, 2.75) is 58.5 Å². The van der Waals surface area contributed by atoms with E-state index in [1.54, 1.807) is 0 Å². The fourth-order valence-electron chi connectivity index (χ4n) is 2.46. The van der Waals surface area contributed by atoms with E-state index >= 15 is 0 Å². The van der Waals surface area contributed by atoms with Crippen LogP contribution in [0.4, 0.5) is 0 Å². The zero-order valence-electron chi connectivity index (χ0n) is 11.4. The fraction of sp³-hybridized carbons (Fsp3) is 0.846. The van der Waals surface area contributed by atoms with Crippen molar-refractivity contribution in [3.8, 4) is 0 Å². The standard InChI is InChI=1S/C13H24N2O3/c1-4-8(2)10(11(16)17)15-12(18)13(3)7-5-6-9(13)14/h8-10H,4-7,14H2,1-3H3,(H,15,18)(H,16,17). The van der Waals surface area contributed by atoms with Gasteiger partial charge < -0.3 is 16.2 Å². The first kappa shape index (κ1) is 15.0. The highest BCUT2D eigenvalue weighted by Gasteiger charge is 2.44. The Bertz CT molecular complexity index is 332. The number of aliphatic carboxylic acids is 1. The van der Waals surface area contributed by atoms with Crippen LogP contribution in [0.15, 0.2) is 0 Å². The van der Waals surface area contributed by atoms with E-state index < -0.39 is 17.4 Å².